The number of nitrogens with one attached hydrogen (secondary N) is 1. The minimum Gasteiger partial charge on any atom is -0.422 e. The molecule has 0 spiro atoms. The first-order chi connectivity index (χ1) is 12.6. The zero-order chi connectivity index (χ0) is 18.3. The number of aromatic amines is 1. The van der Waals surface area contributed by atoms with Crippen molar-refractivity contribution >= 4 is 27.6 Å². The lowest BCUT2D eigenvalue weighted by atomic mass is 9.98. The first kappa shape index (κ1) is 16.5. The fourth-order valence-electron chi connectivity index (χ4n) is 3.67. The van der Waals surface area contributed by atoms with Crippen molar-refractivity contribution in [2.75, 3.05) is 18.0 Å². The highest BCUT2D eigenvalue weighted by Gasteiger charge is 2.15. The summed E-state index contributed by atoms with van der Waals surface area (Å²) < 4.78 is 5.71. The Hall–Kier alpha value is -3.01. The first-order valence-electron chi connectivity index (χ1n) is 9.02. The maximum Gasteiger partial charge on any atom is 0.344 e. The highest BCUT2D eigenvalue weighted by atomic mass is 16.4. The molecule has 0 fully saturated rings. The largest absolute Gasteiger partial charge is 0.422 e. The van der Waals surface area contributed by atoms with E-state index in [0.29, 0.717) is 11.1 Å². The number of aromatic nitrogens is 1. The van der Waals surface area contributed by atoms with Crippen molar-refractivity contribution in [3.05, 3.63) is 64.6 Å². The van der Waals surface area contributed by atoms with Gasteiger partial charge in [-0.1, -0.05) is 6.07 Å². The summed E-state index contributed by atoms with van der Waals surface area (Å²) in [6.07, 6.45) is 1.90. The average molecular weight is 346 g/mol. The van der Waals surface area contributed by atoms with Crippen molar-refractivity contribution in [1.82, 2.24) is 4.98 Å². The van der Waals surface area contributed by atoms with Crippen LogP contribution in [0.3, 0.4) is 0 Å². The molecule has 0 saturated heterocycles. The molecule has 4 rings (SSSR count). The first-order valence-corrected chi connectivity index (χ1v) is 9.02. The number of anilines is 1. The summed E-state index contributed by atoms with van der Waals surface area (Å²) in [5.74, 6) is 0. The molecule has 4 nitrogen and oxygen atoms in total. The number of hydrogen-bond acceptors (Lipinski definition) is 3. The van der Waals surface area contributed by atoms with Crippen molar-refractivity contribution < 1.29 is 4.42 Å². The minimum atomic E-state index is -0.290. The molecule has 2 heterocycles. The molecule has 26 heavy (non-hydrogen) atoms. The highest BCUT2D eigenvalue weighted by molar-refractivity contribution is 5.91. The summed E-state index contributed by atoms with van der Waals surface area (Å²) in [7, 11) is 0. The summed E-state index contributed by atoms with van der Waals surface area (Å²) in [4.78, 5) is 18.2. The van der Waals surface area contributed by atoms with Crippen LogP contribution in [0.1, 0.15) is 19.4 Å². The Kier molecular flexibility index (Phi) is 4.03. The molecule has 1 N–H and O–H groups in total. The van der Waals surface area contributed by atoms with E-state index in [1.54, 1.807) is 0 Å². The second-order valence-corrected chi connectivity index (χ2v) is 6.52. The molecule has 0 saturated carbocycles. The average Bonchev–Trinajstić information content (AvgIpc) is 3.10. The van der Waals surface area contributed by atoms with E-state index in [2.05, 4.69) is 35.9 Å². The number of hydrogen-bond donors (Lipinski definition) is 1. The van der Waals surface area contributed by atoms with Crippen molar-refractivity contribution in [3.8, 4) is 11.1 Å². The molecule has 0 unspecified atom stereocenters. The summed E-state index contributed by atoms with van der Waals surface area (Å²) >= 11 is 0. The summed E-state index contributed by atoms with van der Waals surface area (Å²) in [5.41, 5.74) is 4.96. The molecular weight excluding hydrogens is 324 g/mol. The van der Waals surface area contributed by atoms with Crippen LogP contribution in [0.4, 0.5) is 5.69 Å². The van der Waals surface area contributed by atoms with Gasteiger partial charge in [0.2, 0.25) is 0 Å². The van der Waals surface area contributed by atoms with Gasteiger partial charge in [0.05, 0.1) is 5.56 Å². The quantitative estimate of drug-likeness (QED) is 0.523. The van der Waals surface area contributed by atoms with Gasteiger partial charge in [0.25, 0.3) is 0 Å². The van der Waals surface area contributed by atoms with Crippen LogP contribution in [0.2, 0.25) is 0 Å². The Morgan fingerprint density at radius 1 is 1.04 bits per heavy atom. The number of fused-ring (bicyclic) bond motifs is 2. The van der Waals surface area contributed by atoms with Gasteiger partial charge < -0.3 is 14.3 Å². The van der Waals surface area contributed by atoms with Crippen LogP contribution >= 0.6 is 0 Å². The lowest BCUT2D eigenvalue weighted by molar-refractivity contribution is 0.562. The van der Waals surface area contributed by atoms with E-state index in [-0.39, 0.29) is 5.63 Å². The van der Waals surface area contributed by atoms with Crippen LogP contribution in [-0.4, -0.2) is 18.1 Å². The number of aryl methyl sites for hydroxylation is 1. The Balaban J connectivity index is 1.91. The van der Waals surface area contributed by atoms with Crippen LogP contribution in [0.5, 0.6) is 0 Å². The Morgan fingerprint density at radius 3 is 2.62 bits per heavy atom. The maximum atomic E-state index is 12.8. The van der Waals surface area contributed by atoms with Crippen molar-refractivity contribution in [1.29, 1.82) is 0 Å². The Morgan fingerprint density at radius 2 is 1.85 bits per heavy atom. The molecule has 2 aromatic heterocycles. The van der Waals surface area contributed by atoms with E-state index in [9.17, 15) is 4.79 Å². The predicted octanol–water partition coefficient (Wildman–Crippen LogP) is 5.10. The standard InChI is InChI=1S/C22H22N2O2/c1-4-24(5-2)17-7-8-18-14(3)21(22(25)26-20(18)13-17)16-6-9-19-15(12-16)10-11-23-19/h6-13,23H,4-5H2,1-3H3. The second-order valence-electron chi connectivity index (χ2n) is 6.52. The zero-order valence-corrected chi connectivity index (χ0v) is 15.3. The van der Waals surface area contributed by atoms with Gasteiger partial charge in [0.15, 0.2) is 0 Å². The molecule has 0 aliphatic carbocycles. The second kappa shape index (κ2) is 6.37. The maximum absolute atomic E-state index is 12.8. The molecule has 4 heteroatoms. The van der Waals surface area contributed by atoms with Crippen LogP contribution in [0.15, 0.2) is 57.9 Å². The van der Waals surface area contributed by atoms with Gasteiger partial charge in [-0.05, 0) is 67.6 Å². The summed E-state index contributed by atoms with van der Waals surface area (Å²) in [5, 5.41) is 2.06. The Labute approximate surface area is 152 Å². The van der Waals surface area contributed by atoms with Crippen LogP contribution in [0, 0.1) is 6.92 Å². The van der Waals surface area contributed by atoms with E-state index in [0.717, 1.165) is 46.2 Å². The van der Waals surface area contributed by atoms with Crippen molar-refractivity contribution in [3.63, 3.8) is 0 Å². The van der Waals surface area contributed by atoms with Crippen LogP contribution in [0.25, 0.3) is 33.0 Å². The molecule has 132 valence electrons. The zero-order valence-electron chi connectivity index (χ0n) is 15.3. The van der Waals surface area contributed by atoms with Gasteiger partial charge in [0.1, 0.15) is 5.58 Å². The summed E-state index contributed by atoms with van der Waals surface area (Å²) in [6.45, 7) is 8.07. The fraction of sp³-hybridized carbons (Fsp3) is 0.227. The number of benzene rings is 2. The number of rotatable bonds is 4. The summed E-state index contributed by atoms with van der Waals surface area (Å²) in [6, 6.07) is 14.1. The monoisotopic (exact) mass is 346 g/mol. The van der Waals surface area contributed by atoms with E-state index in [1.807, 2.05) is 43.5 Å². The smallest absolute Gasteiger partial charge is 0.344 e. The van der Waals surface area contributed by atoms with Crippen molar-refractivity contribution in [2.24, 2.45) is 0 Å². The van der Waals surface area contributed by atoms with E-state index < -0.39 is 0 Å². The van der Waals surface area contributed by atoms with Crippen LogP contribution < -0.4 is 10.5 Å². The fourth-order valence-corrected chi connectivity index (χ4v) is 3.67. The third-order valence-corrected chi connectivity index (χ3v) is 5.12. The molecule has 0 aliphatic rings. The number of nitrogens with zero attached hydrogens (tertiary/aromatic N) is 1. The third kappa shape index (κ3) is 2.58. The SMILES string of the molecule is CCN(CC)c1ccc2c(C)c(-c3ccc4[nH]ccc4c3)c(=O)oc2c1. The normalized spacial score (nSPS) is 11.3. The molecule has 0 bridgehead atoms. The van der Waals surface area contributed by atoms with Gasteiger partial charge in [-0.15, -0.1) is 0 Å². The predicted molar refractivity (Wildman–Crippen MR) is 108 cm³/mol. The van der Waals surface area contributed by atoms with Gasteiger partial charge in [-0.25, -0.2) is 4.79 Å². The molecule has 0 atom stereocenters. The number of H-pyrrole nitrogens is 1. The topological polar surface area (TPSA) is 49.2 Å². The van der Waals surface area contributed by atoms with Gasteiger partial charge >= 0.3 is 5.63 Å². The van der Waals surface area contributed by atoms with Gasteiger partial charge in [-0.2, -0.15) is 0 Å². The Bertz CT molecular complexity index is 1150. The lowest BCUT2D eigenvalue weighted by Crippen LogP contribution is -2.21. The molecule has 4 aromatic rings. The van der Waals surface area contributed by atoms with E-state index >= 15 is 0 Å². The van der Waals surface area contributed by atoms with E-state index in [4.69, 9.17) is 4.42 Å². The molecule has 2 aromatic carbocycles. The van der Waals surface area contributed by atoms with Gasteiger partial charge in [0, 0.05) is 41.9 Å². The molecular formula is C22H22N2O2. The van der Waals surface area contributed by atoms with E-state index in [1.165, 1.54) is 0 Å². The highest BCUT2D eigenvalue weighted by Crippen LogP contribution is 2.30. The molecule has 0 radical (unpaired) electrons. The van der Waals surface area contributed by atoms with Gasteiger partial charge in [-0.3, -0.25) is 0 Å². The third-order valence-electron chi connectivity index (χ3n) is 5.12. The molecule has 0 amide bonds. The van der Waals surface area contributed by atoms with Crippen LogP contribution in [-0.2, 0) is 0 Å². The van der Waals surface area contributed by atoms with Crippen molar-refractivity contribution in [2.45, 2.75) is 20.8 Å². The lowest BCUT2D eigenvalue weighted by Gasteiger charge is -2.21. The minimum absolute atomic E-state index is 0.290. The molecule has 0 aliphatic heterocycles.